The lowest BCUT2D eigenvalue weighted by Gasteiger charge is -2.45. The van der Waals surface area contributed by atoms with Gasteiger partial charge in [-0.25, -0.2) is 0 Å². The normalized spacial score (nSPS) is 22.2. The number of rotatable bonds is 5. The molecule has 4 nitrogen and oxygen atoms in total. The summed E-state index contributed by atoms with van der Waals surface area (Å²) in [5, 5.41) is 0. The Morgan fingerprint density at radius 1 is 1.12 bits per heavy atom. The molecule has 132 valence electrons. The number of quaternary nitrogens is 1. The van der Waals surface area contributed by atoms with Crippen LogP contribution in [0.5, 0.6) is 11.5 Å². The second-order valence-electron chi connectivity index (χ2n) is 7.03. The molecule has 0 radical (unpaired) electrons. The van der Waals surface area contributed by atoms with Crippen molar-refractivity contribution in [3.63, 3.8) is 0 Å². The molecule has 0 aromatic heterocycles. The van der Waals surface area contributed by atoms with Gasteiger partial charge in [0.05, 0.1) is 27.8 Å². The third-order valence-electron chi connectivity index (χ3n) is 5.15. The number of methoxy groups -OCH3 is 2. The summed E-state index contributed by atoms with van der Waals surface area (Å²) >= 11 is 0. The monoisotopic (exact) mass is 340 g/mol. The zero-order valence-corrected chi connectivity index (χ0v) is 15.4. The second-order valence-corrected chi connectivity index (χ2v) is 7.03. The van der Waals surface area contributed by atoms with E-state index < -0.39 is 0 Å². The van der Waals surface area contributed by atoms with Crippen LogP contribution in [-0.2, 0) is 11.2 Å². The molecule has 0 N–H and O–H groups in total. The molecule has 4 heteroatoms. The Hall–Kier alpha value is -2.33. The van der Waals surface area contributed by atoms with Gasteiger partial charge in [0.15, 0.2) is 17.3 Å². The van der Waals surface area contributed by atoms with Gasteiger partial charge in [-0.2, -0.15) is 0 Å². The maximum Gasteiger partial charge on any atom is 0.183 e. The topological polar surface area (TPSA) is 35.5 Å². The molecule has 0 unspecified atom stereocenters. The van der Waals surface area contributed by atoms with Crippen molar-refractivity contribution in [3.8, 4) is 11.5 Å². The fraction of sp³-hybridized carbons (Fsp3) is 0.381. The smallest absolute Gasteiger partial charge is 0.183 e. The molecular weight excluding hydrogens is 314 g/mol. The number of benzene rings is 2. The molecule has 1 heterocycles. The fourth-order valence-electron chi connectivity index (χ4n) is 4.10. The Kier molecular flexibility index (Phi) is 4.82. The fourth-order valence-corrected chi connectivity index (χ4v) is 4.10. The second kappa shape index (κ2) is 6.89. The molecule has 0 aliphatic carbocycles. The number of hydrogen-bond donors (Lipinski definition) is 0. The van der Waals surface area contributed by atoms with E-state index in [9.17, 15) is 4.79 Å². The number of nitrogens with zero attached hydrogens (tertiary/aromatic N) is 1. The van der Waals surface area contributed by atoms with E-state index in [1.165, 1.54) is 16.7 Å². The average Bonchev–Trinajstić information content (AvgIpc) is 2.60. The maximum atomic E-state index is 12.0. The summed E-state index contributed by atoms with van der Waals surface area (Å²) in [6.45, 7) is 3.12. The van der Waals surface area contributed by atoms with Crippen LogP contribution in [0.25, 0.3) is 0 Å². The lowest BCUT2D eigenvalue weighted by Crippen LogP contribution is -2.53. The Morgan fingerprint density at radius 3 is 2.36 bits per heavy atom. The first kappa shape index (κ1) is 17.5. The van der Waals surface area contributed by atoms with Gasteiger partial charge < -0.3 is 14.0 Å². The number of ketones is 1. The summed E-state index contributed by atoms with van der Waals surface area (Å²) in [4.78, 5) is 12.0. The van der Waals surface area contributed by atoms with E-state index in [1.54, 1.807) is 21.1 Å². The summed E-state index contributed by atoms with van der Waals surface area (Å²) in [6.07, 6.45) is 0.919. The van der Waals surface area contributed by atoms with E-state index >= 15 is 0 Å². The van der Waals surface area contributed by atoms with Gasteiger partial charge in [0, 0.05) is 24.5 Å². The number of carbonyl (C=O) groups is 1. The molecule has 0 spiro atoms. The summed E-state index contributed by atoms with van der Waals surface area (Å²) in [5.41, 5.74) is 3.71. The average molecular weight is 340 g/mol. The third-order valence-corrected chi connectivity index (χ3v) is 5.15. The predicted octanol–water partition coefficient (Wildman–Crippen LogP) is 3.38. The highest BCUT2D eigenvalue weighted by Crippen LogP contribution is 2.43. The SMILES string of the molecule is COc1cc2c(cc1OC)[C@@H](c1ccccc1)[N@+](C)(CC(C)=O)CC2. The Bertz CT molecular complexity index is 772. The van der Waals surface area contributed by atoms with Gasteiger partial charge in [-0.15, -0.1) is 0 Å². The van der Waals surface area contributed by atoms with Crippen LogP contribution in [-0.4, -0.2) is 44.6 Å². The maximum absolute atomic E-state index is 12.0. The molecule has 2 atom stereocenters. The molecule has 0 saturated heterocycles. The Morgan fingerprint density at radius 2 is 1.76 bits per heavy atom. The van der Waals surface area contributed by atoms with E-state index in [-0.39, 0.29) is 11.8 Å². The quantitative estimate of drug-likeness (QED) is 0.783. The van der Waals surface area contributed by atoms with E-state index in [2.05, 4.69) is 43.4 Å². The molecule has 3 rings (SSSR count). The number of hydrogen-bond acceptors (Lipinski definition) is 3. The predicted molar refractivity (Wildman–Crippen MR) is 98.1 cm³/mol. The third kappa shape index (κ3) is 3.27. The molecule has 2 aromatic rings. The molecule has 25 heavy (non-hydrogen) atoms. The summed E-state index contributed by atoms with van der Waals surface area (Å²) in [6, 6.07) is 14.7. The van der Waals surface area contributed by atoms with Crippen molar-refractivity contribution in [2.75, 3.05) is 34.4 Å². The van der Waals surface area contributed by atoms with Gasteiger partial charge in [-0.3, -0.25) is 4.79 Å². The van der Waals surface area contributed by atoms with Crippen LogP contribution < -0.4 is 9.47 Å². The van der Waals surface area contributed by atoms with Gasteiger partial charge >= 0.3 is 0 Å². The van der Waals surface area contributed by atoms with Gasteiger partial charge in [-0.05, 0) is 17.7 Å². The van der Waals surface area contributed by atoms with Crippen molar-refractivity contribution in [1.29, 1.82) is 0 Å². The molecule has 1 aliphatic heterocycles. The van der Waals surface area contributed by atoms with Crippen LogP contribution in [0.3, 0.4) is 0 Å². The molecule has 0 saturated carbocycles. The van der Waals surface area contributed by atoms with Crippen molar-refractivity contribution in [3.05, 3.63) is 59.2 Å². The summed E-state index contributed by atoms with van der Waals surface area (Å²) in [7, 11) is 5.50. The highest BCUT2D eigenvalue weighted by Gasteiger charge is 2.41. The van der Waals surface area contributed by atoms with E-state index in [1.807, 2.05) is 6.07 Å². The molecule has 1 aliphatic rings. The molecule has 0 amide bonds. The van der Waals surface area contributed by atoms with Crippen molar-refractivity contribution in [2.45, 2.75) is 19.4 Å². The van der Waals surface area contributed by atoms with Crippen molar-refractivity contribution < 1.29 is 18.8 Å². The Balaban J connectivity index is 2.19. The zero-order chi connectivity index (χ0) is 18.0. The number of ether oxygens (including phenoxy) is 2. The minimum absolute atomic E-state index is 0.105. The van der Waals surface area contributed by atoms with Crippen LogP contribution >= 0.6 is 0 Å². The van der Waals surface area contributed by atoms with Gasteiger partial charge in [-0.1, -0.05) is 30.3 Å². The minimum Gasteiger partial charge on any atom is -0.493 e. The van der Waals surface area contributed by atoms with Crippen molar-refractivity contribution >= 4 is 5.78 Å². The number of Topliss-reactive ketones (excluding diaryl/α,β-unsaturated/α-hetero) is 1. The van der Waals surface area contributed by atoms with Gasteiger partial charge in [0.1, 0.15) is 12.6 Å². The minimum atomic E-state index is 0.105. The van der Waals surface area contributed by atoms with E-state index in [0.717, 1.165) is 24.5 Å². The number of carbonyl (C=O) groups excluding carboxylic acids is 1. The molecule has 2 aromatic carbocycles. The zero-order valence-electron chi connectivity index (χ0n) is 15.4. The Labute approximate surface area is 149 Å². The van der Waals surface area contributed by atoms with E-state index in [4.69, 9.17) is 9.47 Å². The first-order valence-corrected chi connectivity index (χ1v) is 8.62. The van der Waals surface area contributed by atoms with Crippen LogP contribution in [0.4, 0.5) is 0 Å². The highest BCUT2D eigenvalue weighted by molar-refractivity contribution is 5.76. The standard InChI is InChI=1S/C21H26NO3/c1-15(23)14-22(2)11-10-17-12-19(24-3)20(25-4)13-18(17)21(22)16-8-6-5-7-9-16/h5-9,12-13,21H,10-11,14H2,1-4H3/q+1/t21-,22+/m1/s1. The summed E-state index contributed by atoms with van der Waals surface area (Å²) < 4.78 is 11.7. The molecular formula is C21H26NO3+. The number of likely N-dealkylation sites (N-methyl/N-ethyl adjacent to an activating group) is 1. The van der Waals surface area contributed by atoms with Crippen LogP contribution in [0.15, 0.2) is 42.5 Å². The lowest BCUT2D eigenvalue weighted by molar-refractivity contribution is -0.928. The van der Waals surface area contributed by atoms with Crippen LogP contribution in [0.1, 0.15) is 29.7 Å². The first-order chi connectivity index (χ1) is 12.0. The highest BCUT2D eigenvalue weighted by atomic mass is 16.5. The lowest BCUT2D eigenvalue weighted by atomic mass is 9.85. The number of fused-ring (bicyclic) bond motifs is 1. The van der Waals surface area contributed by atoms with Crippen LogP contribution in [0.2, 0.25) is 0 Å². The first-order valence-electron chi connectivity index (χ1n) is 8.62. The van der Waals surface area contributed by atoms with Gasteiger partial charge in [0.25, 0.3) is 0 Å². The van der Waals surface area contributed by atoms with Crippen molar-refractivity contribution in [1.82, 2.24) is 0 Å². The van der Waals surface area contributed by atoms with E-state index in [0.29, 0.717) is 11.0 Å². The van der Waals surface area contributed by atoms with Gasteiger partial charge in [0.2, 0.25) is 0 Å². The largest absolute Gasteiger partial charge is 0.493 e. The molecule has 0 bridgehead atoms. The van der Waals surface area contributed by atoms with Crippen molar-refractivity contribution in [2.24, 2.45) is 0 Å². The van der Waals surface area contributed by atoms with Crippen LogP contribution in [0, 0.1) is 0 Å². The summed E-state index contributed by atoms with van der Waals surface area (Å²) in [5.74, 6) is 1.71. The molecule has 0 fully saturated rings.